The van der Waals surface area contributed by atoms with Gasteiger partial charge in [0.25, 0.3) is 0 Å². The third-order valence-corrected chi connectivity index (χ3v) is 6.39. The highest BCUT2D eigenvalue weighted by atomic mass is 19.2. The summed E-state index contributed by atoms with van der Waals surface area (Å²) in [6.07, 6.45) is 15.0. The van der Waals surface area contributed by atoms with Crippen molar-refractivity contribution >= 4 is 0 Å². The molecule has 3 heteroatoms. The lowest BCUT2D eigenvalue weighted by Crippen LogP contribution is -2.22. The third-order valence-electron chi connectivity index (χ3n) is 6.39. The Hall–Kier alpha value is -1.64. The van der Waals surface area contributed by atoms with Gasteiger partial charge in [-0.3, -0.25) is 0 Å². The van der Waals surface area contributed by atoms with Gasteiger partial charge in [0.15, 0.2) is 11.6 Å². The Morgan fingerprint density at radius 2 is 1.81 bits per heavy atom. The van der Waals surface area contributed by atoms with Crippen LogP contribution in [0.15, 0.2) is 36.9 Å². The molecule has 0 radical (unpaired) electrons. The SMILES string of the molecule is C=CC1C=CC(C2CCC(c3ccc(OCCCC)c(F)c3F)CC2)CC1. The van der Waals surface area contributed by atoms with Gasteiger partial charge in [0.2, 0.25) is 5.82 Å². The summed E-state index contributed by atoms with van der Waals surface area (Å²) in [5, 5.41) is 0. The number of allylic oxidation sites excluding steroid dienone is 3. The molecule has 0 aromatic heterocycles. The summed E-state index contributed by atoms with van der Waals surface area (Å²) in [6.45, 7) is 6.35. The summed E-state index contributed by atoms with van der Waals surface area (Å²) in [7, 11) is 0. The van der Waals surface area contributed by atoms with Gasteiger partial charge in [0.05, 0.1) is 6.61 Å². The second-order valence-electron chi connectivity index (χ2n) is 8.12. The molecule has 2 aliphatic carbocycles. The second-order valence-corrected chi connectivity index (χ2v) is 8.12. The topological polar surface area (TPSA) is 9.23 Å². The van der Waals surface area contributed by atoms with E-state index in [1.165, 1.54) is 12.8 Å². The molecule has 0 heterocycles. The lowest BCUT2D eigenvalue weighted by Gasteiger charge is -2.35. The Morgan fingerprint density at radius 3 is 2.44 bits per heavy atom. The van der Waals surface area contributed by atoms with Crippen molar-refractivity contribution in [2.45, 2.75) is 64.2 Å². The van der Waals surface area contributed by atoms with Crippen LogP contribution in [0, 0.1) is 29.4 Å². The number of benzene rings is 1. The zero-order valence-corrected chi connectivity index (χ0v) is 16.4. The van der Waals surface area contributed by atoms with Crippen molar-refractivity contribution in [3.8, 4) is 5.75 Å². The van der Waals surface area contributed by atoms with Gasteiger partial charge in [-0.25, -0.2) is 4.39 Å². The number of ether oxygens (including phenoxy) is 1. The van der Waals surface area contributed by atoms with Crippen LogP contribution in [0.2, 0.25) is 0 Å². The van der Waals surface area contributed by atoms with E-state index in [1.54, 1.807) is 12.1 Å². The lowest BCUT2D eigenvalue weighted by atomic mass is 9.70. The van der Waals surface area contributed by atoms with E-state index >= 15 is 0 Å². The summed E-state index contributed by atoms with van der Waals surface area (Å²) >= 11 is 0. The molecular formula is C24H32F2O. The third kappa shape index (κ3) is 4.80. The molecule has 0 N–H and O–H groups in total. The summed E-state index contributed by atoms with van der Waals surface area (Å²) in [5.74, 6) is 0.463. The molecule has 1 aromatic carbocycles. The Bertz CT molecular complexity index is 659. The molecule has 1 saturated carbocycles. The van der Waals surface area contributed by atoms with Gasteiger partial charge in [-0.2, -0.15) is 4.39 Å². The molecule has 0 amide bonds. The van der Waals surface area contributed by atoms with Crippen molar-refractivity contribution in [1.82, 2.24) is 0 Å². The molecule has 2 unspecified atom stereocenters. The maximum atomic E-state index is 14.6. The van der Waals surface area contributed by atoms with Gasteiger partial charge in [0.1, 0.15) is 0 Å². The molecule has 3 rings (SSSR count). The Balaban J connectivity index is 1.59. The minimum Gasteiger partial charge on any atom is -0.490 e. The van der Waals surface area contributed by atoms with Crippen molar-refractivity contribution in [3.05, 3.63) is 54.1 Å². The van der Waals surface area contributed by atoms with Crippen LogP contribution in [0.4, 0.5) is 8.78 Å². The van der Waals surface area contributed by atoms with Crippen LogP contribution < -0.4 is 4.74 Å². The highest BCUT2D eigenvalue weighted by Crippen LogP contribution is 2.43. The summed E-state index contributed by atoms with van der Waals surface area (Å²) in [6, 6.07) is 3.34. The van der Waals surface area contributed by atoms with Crippen LogP contribution >= 0.6 is 0 Å². The van der Waals surface area contributed by atoms with Crippen LogP contribution in [-0.4, -0.2) is 6.61 Å². The summed E-state index contributed by atoms with van der Waals surface area (Å²) in [5.41, 5.74) is 0.527. The van der Waals surface area contributed by atoms with Crippen LogP contribution in [0.25, 0.3) is 0 Å². The Morgan fingerprint density at radius 1 is 1.04 bits per heavy atom. The minimum absolute atomic E-state index is 0.0440. The Labute approximate surface area is 162 Å². The molecule has 0 aliphatic heterocycles. The van der Waals surface area contributed by atoms with Crippen molar-refractivity contribution in [3.63, 3.8) is 0 Å². The molecule has 1 aromatic rings. The number of halogens is 2. The van der Waals surface area contributed by atoms with Crippen LogP contribution in [0.1, 0.15) is 69.8 Å². The first-order chi connectivity index (χ1) is 13.1. The predicted molar refractivity (Wildman–Crippen MR) is 107 cm³/mol. The van der Waals surface area contributed by atoms with E-state index in [2.05, 4.69) is 18.7 Å². The van der Waals surface area contributed by atoms with E-state index in [0.717, 1.165) is 38.5 Å². The van der Waals surface area contributed by atoms with Gasteiger partial charge >= 0.3 is 0 Å². The molecule has 1 nitrogen and oxygen atoms in total. The van der Waals surface area contributed by atoms with Crippen molar-refractivity contribution < 1.29 is 13.5 Å². The fourth-order valence-corrected chi connectivity index (χ4v) is 4.61. The second kappa shape index (κ2) is 9.52. The first kappa shape index (κ1) is 20.1. The van der Waals surface area contributed by atoms with Crippen molar-refractivity contribution in [2.75, 3.05) is 6.61 Å². The smallest absolute Gasteiger partial charge is 0.200 e. The molecule has 0 saturated heterocycles. The average Bonchev–Trinajstić information content (AvgIpc) is 2.72. The first-order valence-corrected chi connectivity index (χ1v) is 10.6. The maximum Gasteiger partial charge on any atom is 0.200 e. The van der Waals surface area contributed by atoms with Crippen molar-refractivity contribution in [2.24, 2.45) is 17.8 Å². The largest absolute Gasteiger partial charge is 0.490 e. The van der Waals surface area contributed by atoms with Gasteiger partial charge in [0, 0.05) is 0 Å². The molecular weight excluding hydrogens is 342 g/mol. The summed E-state index contributed by atoms with van der Waals surface area (Å²) in [4.78, 5) is 0. The monoisotopic (exact) mass is 374 g/mol. The summed E-state index contributed by atoms with van der Waals surface area (Å²) < 4.78 is 34.4. The minimum atomic E-state index is -0.823. The first-order valence-electron chi connectivity index (χ1n) is 10.6. The number of unbranched alkanes of at least 4 members (excludes halogenated alkanes) is 1. The fraction of sp³-hybridized carbons (Fsp3) is 0.583. The van der Waals surface area contributed by atoms with Crippen LogP contribution in [-0.2, 0) is 0 Å². The average molecular weight is 375 g/mol. The maximum absolute atomic E-state index is 14.6. The standard InChI is InChI=1S/C24H32F2O/c1-3-5-16-27-22-15-14-21(23(25)24(22)26)20-12-10-19(11-13-20)18-8-6-17(4-2)7-9-18/h4,6,8,14-15,17-20H,2-3,5,7,9-13,16H2,1H3. The number of rotatable bonds is 7. The van der Waals surface area contributed by atoms with Gasteiger partial charge < -0.3 is 4.74 Å². The van der Waals surface area contributed by atoms with E-state index in [0.29, 0.717) is 29.9 Å². The van der Waals surface area contributed by atoms with Gasteiger partial charge in [-0.15, -0.1) is 6.58 Å². The molecule has 1 fully saturated rings. The van der Waals surface area contributed by atoms with Gasteiger partial charge in [-0.05, 0) is 80.2 Å². The molecule has 0 spiro atoms. The molecule has 2 atom stereocenters. The normalized spacial score (nSPS) is 28.1. The lowest BCUT2D eigenvalue weighted by molar-refractivity contribution is 0.241. The van der Waals surface area contributed by atoms with E-state index in [4.69, 9.17) is 4.74 Å². The quantitative estimate of drug-likeness (QED) is 0.362. The number of hydrogen-bond donors (Lipinski definition) is 0. The Kier molecular flexibility index (Phi) is 7.09. The highest BCUT2D eigenvalue weighted by Gasteiger charge is 2.30. The molecule has 27 heavy (non-hydrogen) atoms. The fourth-order valence-electron chi connectivity index (χ4n) is 4.61. The van der Waals surface area contributed by atoms with E-state index in [9.17, 15) is 8.78 Å². The van der Waals surface area contributed by atoms with E-state index in [1.807, 2.05) is 13.0 Å². The van der Waals surface area contributed by atoms with Crippen LogP contribution in [0.5, 0.6) is 5.75 Å². The molecule has 0 bridgehead atoms. The van der Waals surface area contributed by atoms with E-state index < -0.39 is 11.6 Å². The van der Waals surface area contributed by atoms with E-state index in [-0.39, 0.29) is 11.7 Å². The number of hydrogen-bond acceptors (Lipinski definition) is 1. The predicted octanol–water partition coefficient (Wildman–Crippen LogP) is 7.19. The van der Waals surface area contributed by atoms with Crippen molar-refractivity contribution in [1.29, 1.82) is 0 Å². The zero-order valence-electron chi connectivity index (χ0n) is 16.4. The van der Waals surface area contributed by atoms with Crippen LogP contribution in [0.3, 0.4) is 0 Å². The molecule has 2 aliphatic rings. The zero-order chi connectivity index (χ0) is 19.2. The molecule has 148 valence electrons. The highest BCUT2D eigenvalue weighted by molar-refractivity contribution is 5.33. The van der Waals surface area contributed by atoms with Gasteiger partial charge in [-0.1, -0.05) is 37.6 Å².